The van der Waals surface area contributed by atoms with Gasteiger partial charge in [-0.1, -0.05) is 73.2 Å². The maximum absolute atomic E-state index is 13.9. The van der Waals surface area contributed by atoms with Crippen molar-refractivity contribution in [3.05, 3.63) is 101 Å². The van der Waals surface area contributed by atoms with Gasteiger partial charge in [-0.15, -0.1) is 0 Å². The quantitative estimate of drug-likeness (QED) is 0.0494. The predicted octanol–water partition coefficient (Wildman–Crippen LogP) is 7.22. The van der Waals surface area contributed by atoms with Crippen molar-refractivity contribution < 1.29 is 42.9 Å². The van der Waals surface area contributed by atoms with Gasteiger partial charge in [0.15, 0.2) is 0 Å². The second-order valence-corrected chi connectivity index (χ2v) is 16.1. The molecule has 2 unspecified atom stereocenters. The average Bonchev–Trinajstić information content (AvgIpc) is 3.16. The van der Waals surface area contributed by atoms with Gasteiger partial charge in [-0.05, 0) is 115 Å². The van der Waals surface area contributed by atoms with Gasteiger partial charge in [0.05, 0.1) is 6.61 Å². The Morgan fingerprint density at radius 2 is 1.29 bits per heavy atom. The van der Waals surface area contributed by atoms with Gasteiger partial charge in [0.25, 0.3) is 0 Å². The summed E-state index contributed by atoms with van der Waals surface area (Å²) in [6.07, 6.45) is 1.32. The van der Waals surface area contributed by atoms with Gasteiger partial charge in [0.1, 0.15) is 35.6 Å². The summed E-state index contributed by atoms with van der Waals surface area (Å²) in [4.78, 5) is 64.9. The van der Waals surface area contributed by atoms with E-state index in [-0.39, 0.29) is 32.0 Å². The monoisotopic (exact) mass is 802 g/mol. The van der Waals surface area contributed by atoms with Gasteiger partial charge >= 0.3 is 18.2 Å². The van der Waals surface area contributed by atoms with E-state index in [0.717, 1.165) is 22.3 Å². The van der Waals surface area contributed by atoms with Crippen molar-refractivity contribution in [3.63, 3.8) is 0 Å². The molecule has 3 aromatic carbocycles. The number of carbonyl (C=O) groups is 5. The molecule has 0 aliphatic rings. The lowest BCUT2D eigenvalue weighted by atomic mass is 10.0. The first-order valence-corrected chi connectivity index (χ1v) is 20.0. The summed E-state index contributed by atoms with van der Waals surface area (Å²) in [5.74, 6) is -0.671. The summed E-state index contributed by atoms with van der Waals surface area (Å²) in [7, 11) is 0. The van der Waals surface area contributed by atoms with Crippen LogP contribution in [0.3, 0.4) is 0 Å². The number of amides is 4. The third-order valence-corrected chi connectivity index (χ3v) is 8.59. The van der Waals surface area contributed by atoms with Crippen LogP contribution in [0.4, 0.5) is 9.59 Å². The zero-order valence-electron chi connectivity index (χ0n) is 35.1. The van der Waals surface area contributed by atoms with Crippen LogP contribution in [0.25, 0.3) is 0 Å². The Kier molecular flexibility index (Phi) is 19.0. The third-order valence-electron chi connectivity index (χ3n) is 8.59. The van der Waals surface area contributed by atoms with E-state index in [9.17, 15) is 24.0 Å². The Bertz CT molecular complexity index is 1760. The van der Waals surface area contributed by atoms with Crippen LogP contribution in [-0.2, 0) is 48.2 Å². The molecule has 3 rings (SSSR count). The Balaban J connectivity index is 1.67. The third kappa shape index (κ3) is 19.5. The highest BCUT2D eigenvalue weighted by molar-refractivity contribution is 5.91. The van der Waals surface area contributed by atoms with Crippen molar-refractivity contribution in [2.24, 2.45) is 0 Å². The van der Waals surface area contributed by atoms with Gasteiger partial charge < -0.3 is 40.2 Å². The lowest BCUT2D eigenvalue weighted by Crippen LogP contribution is -2.53. The molecule has 0 radical (unpaired) electrons. The summed E-state index contributed by atoms with van der Waals surface area (Å²) >= 11 is 0. The number of carbonyl (C=O) groups excluding carboxylic acids is 5. The highest BCUT2D eigenvalue weighted by Crippen LogP contribution is 2.18. The minimum atomic E-state index is -1.04. The summed E-state index contributed by atoms with van der Waals surface area (Å²) in [5, 5.41) is 11.3. The first-order valence-electron chi connectivity index (χ1n) is 20.0. The number of benzene rings is 3. The van der Waals surface area contributed by atoms with E-state index < -0.39 is 47.3 Å². The molecule has 4 N–H and O–H groups in total. The number of nitrogens with one attached hydrogen (secondary N) is 4. The molecule has 13 heteroatoms. The number of unbranched alkanes of at least 4 members (excludes halogenated alkanes) is 1. The number of rotatable bonds is 21. The summed E-state index contributed by atoms with van der Waals surface area (Å²) in [5.41, 5.74) is 2.36. The van der Waals surface area contributed by atoms with Crippen LogP contribution in [0, 0.1) is 6.92 Å². The molecule has 0 aliphatic carbocycles. The predicted molar refractivity (Wildman–Crippen MR) is 222 cm³/mol. The number of ether oxygens (including phenoxy) is 4. The first kappa shape index (κ1) is 46.8. The van der Waals surface area contributed by atoms with E-state index in [4.69, 9.17) is 18.9 Å². The van der Waals surface area contributed by atoms with Crippen LogP contribution in [0.1, 0.15) is 102 Å². The zero-order valence-corrected chi connectivity index (χ0v) is 35.1. The van der Waals surface area contributed by atoms with Crippen molar-refractivity contribution in [2.75, 3.05) is 13.2 Å². The fourth-order valence-corrected chi connectivity index (χ4v) is 5.68. The highest BCUT2D eigenvalue weighted by Gasteiger charge is 2.28. The van der Waals surface area contributed by atoms with Gasteiger partial charge in [0, 0.05) is 19.5 Å². The molecule has 58 heavy (non-hydrogen) atoms. The molecule has 0 fully saturated rings. The van der Waals surface area contributed by atoms with Crippen LogP contribution in [0.5, 0.6) is 5.75 Å². The lowest BCUT2D eigenvalue weighted by molar-refractivity contribution is -0.155. The Labute approximate surface area is 343 Å². The fraction of sp³-hybridized carbons (Fsp3) is 0.489. The molecule has 0 saturated heterocycles. The topological polar surface area (TPSA) is 170 Å². The van der Waals surface area contributed by atoms with Crippen molar-refractivity contribution in [3.8, 4) is 5.75 Å². The van der Waals surface area contributed by atoms with Crippen molar-refractivity contribution in [2.45, 2.75) is 130 Å². The minimum absolute atomic E-state index is 0.0126. The standard InChI is InChI=1S/C45H62N4O9/c1-32-23-25-36(55-28-16-27-46-42(53)58-45(5,6)7)29-35(32)30-47-40(51)38(26-24-33-17-10-8-11-18-33)48-41(52)37(21-14-15-22-39(50)57-44(2,3)4)49-43(54)56-31-34-19-12-9-13-20-34/h8-13,17-20,23,25,29,37-38H,14-16,21-22,24,26-28,30-31H2,1-7H3,(H,46,53)(H,47,51)(H,48,52)(H,49,54). The van der Waals surface area contributed by atoms with Crippen LogP contribution in [0.2, 0.25) is 0 Å². The van der Waals surface area contributed by atoms with E-state index in [2.05, 4.69) is 21.3 Å². The van der Waals surface area contributed by atoms with Gasteiger partial charge in [-0.3, -0.25) is 14.4 Å². The molecule has 316 valence electrons. The van der Waals surface area contributed by atoms with Crippen LogP contribution in [-0.4, -0.2) is 66.4 Å². The molecular formula is C45H62N4O9. The van der Waals surface area contributed by atoms with Crippen molar-refractivity contribution in [1.29, 1.82) is 0 Å². The van der Waals surface area contributed by atoms with E-state index in [1.54, 1.807) is 41.5 Å². The molecule has 0 heterocycles. The number of alkyl carbamates (subject to hydrolysis) is 2. The second-order valence-electron chi connectivity index (χ2n) is 16.1. The number of hydrogen-bond acceptors (Lipinski definition) is 9. The number of aryl methyl sites for hydroxylation is 2. The van der Waals surface area contributed by atoms with Crippen LogP contribution in [0.15, 0.2) is 78.9 Å². The normalized spacial score (nSPS) is 12.3. The largest absolute Gasteiger partial charge is 0.494 e. The van der Waals surface area contributed by atoms with E-state index in [0.29, 0.717) is 51.0 Å². The molecule has 0 aliphatic heterocycles. The SMILES string of the molecule is Cc1ccc(OCCCNC(=O)OC(C)(C)C)cc1CNC(=O)C(CCc1ccccc1)NC(=O)C(CCCCC(=O)OC(C)(C)C)NC(=O)OCc1ccccc1. The number of esters is 1. The molecule has 13 nitrogen and oxygen atoms in total. The average molecular weight is 803 g/mol. The van der Waals surface area contributed by atoms with Crippen LogP contribution >= 0.6 is 0 Å². The molecule has 0 aromatic heterocycles. The van der Waals surface area contributed by atoms with Crippen molar-refractivity contribution >= 4 is 30.0 Å². The minimum Gasteiger partial charge on any atom is -0.494 e. The Morgan fingerprint density at radius 3 is 1.95 bits per heavy atom. The molecule has 2 atom stereocenters. The molecular weight excluding hydrogens is 741 g/mol. The van der Waals surface area contributed by atoms with E-state index in [1.165, 1.54) is 0 Å². The fourth-order valence-electron chi connectivity index (χ4n) is 5.68. The van der Waals surface area contributed by atoms with Gasteiger partial charge in [-0.25, -0.2) is 9.59 Å². The van der Waals surface area contributed by atoms with Gasteiger partial charge in [0.2, 0.25) is 11.8 Å². The Hall–Kier alpha value is -5.59. The molecule has 0 bridgehead atoms. The molecule has 4 amide bonds. The maximum atomic E-state index is 13.9. The zero-order chi connectivity index (χ0) is 42.6. The Morgan fingerprint density at radius 1 is 0.655 bits per heavy atom. The molecule has 0 saturated carbocycles. The number of hydrogen-bond donors (Lipinski definition) is 4. The summed E-state index contributed by atoms with van der Waals surface area (Å²) in [6, 6.07) is 22.4. The van der Waals surface area contributed by atoms with Gasteiger partial charge in [-0.2, -0.15) is 0 Å². The van der Waals surface area contributed by atoms with E-state index >= 15 is 0 Å². The maximum Gasteiger partial charge on any atom is 0.408 e. The molecule has 0 spiro atoms. The summed E-state index contributed by atoms with van der Waals surface area (Å²) < 4.78 is 22.0. The molecule has 3 aromatic rings. The summed E-state index contributed by atoms with van der Waals surface area (Å²) in [6.45, 7) is 13.7. The smallest absolute Gasteiger partial charge is 0.408 e. The van der Waals surface area contributed by atoms with Crippen LogP contribution < -0.4 is 26.0 Å². The van der Waals surface area contributed by atoms with Crippen molar-refractivity contribution in [1.82, 2.24) is 21.3 Å². The highest BCUT2D eigenvalue weighted by atomic mass is 16.6. The second kappa shape index (κ2) is 23.6. The van der Waals surface area contributed by atoms with E-state index in [1.807, 2.05) is 85.8 Å². The lowest BCUT2D eigenvalue weighted by Gasteiger charge is -2.24. The first-order chi connectivity index (χ1) is 27.5.